The first kappa shape index (κ1) is 33.2. The lowest BCUT2D eigenvalue weighted by atomic mass is 9.32. The van der Waals surface area contributed by atoms with Crippen LogP contribution in [-0.2, 0) is 6.42 Å². The van der Waals surface area contributed by atoms with Crippen molar-refractivity contribution in [2.45, 2.75) is 6.42 Å². The second-order valence-electron chi connectivity index (χ2n) is 16.2. The number of fused-ring (bicyclic) bond motifs is 5. The van der Waals surface area contributed by atoms with E-state index in [1.807, 2.05) is 0 Å². The van der Waals surface area contributed by atoms with Crippen LogP contribution in [0.2, 0.25) is 0 Å². The van der Waals surface area contributed by atoms with Crippen molar-refractivity contribution in [2.24, 2.45) is 0 Å². The molecular formula is C55H37BN4. The molecule has 4 nitrogen and oxygen atoms in total. The Hall–Kier alpha value is -7.76. The fourth-order valence-corrected chi connectivity index (χ4v) is 10.4. The number of hydrogen-bond acceptors (Lipinski definition) is 3. The molecule has 2 bridgehead atoms. The Morgan fingerprint density at radius 3 is 1.65 bits per heavy atom. The van der Waals surface area contributed by atoms with Crippen molar-refractivity contribution in [3.63, 3.8) is 0 Å². The van der Waals surface area contributed by atoms with Crippen LogP contribution in [0.1, 0.15) is 11.1 Å². The molecule has 0 atom stereocenters. The molecule has 0 spiro atoms. The minimum atomic E-state index is 0.0881. The number of hydrogen-bond donors (Lipinski definition) is 0. The molecule has 2 aliphatic heterocycles. The lowest BCUT2D eigenvalue weighted by Gasteiger charge is -2.46. The van der Waals surface area contributed by atoms with Crippen LogP contribution in [-0.4, -0.2) is 11.3 Å². The Bertz CT molecular complexity index is 3310. The SMILES string of the molecule is c1ccc(N(c2ccc3c(c2)N(c2ccccc2)c2cccc4c2B3c2c3cc(cc2N4c2ccccc2)C3)c2ccc3c(c2)c2ccccc2n3-c2ccccc2)cc1. The van der Waals surface area contributed by atoms with Gasteiger partial charge < -0.3 is 19.3 Å². The van der Waals surface area contributed by atoms with E-state index in [-0.39, 0.29) is 6.71 Å². The minimum Gasteiger partial charge on any atom is -0.311 e. The van der Waals surface area contributed by atoms with Crippen LogP contribution in [0.5, 0.6) is 0 Å². The third-order valence-corrected chi connectivity index (χ3v) is 12.9. The molecule has 14 rings (SSSR count). The topological polar surface area (TPSA) is 14.7 Å². The van der Waals surface area contributed by atoms with Gasteiger partial charge in [0.15, 0.2) is 0 Å². The summed E-state index contributed by atoms with van der Waals surface area (Å²) in [5, 5.41) is 2.46. The van der Waals surface area contributed by atoms with E-state index >= 15 is 0 Å². The number of anilines is 9. The van der Waals surface area contributed by atoms with Gasteiger partial charge in [0.05, 0.1) is 11.0 Å². The number of para-hydroxylation sites is 5. The van der Waals surface area contributed by atoms with Crippen LogP contribution in [0.3, 0.4) is 0 Å². The first-order valence-electron chi connectivity index (χ1n) is 20.9. The Morgan fingerprint density at radius 1 is 0.383 bits per heavy atom. The van der Waals surface area contributed by atoms with E-state index < -0.39 is 0 Å². The summed E-state index contributed by atoms with van der Waals surface area (Å²) in [6, 6.07) is 78.0. The third-order valence-electron chi connectivity index (χ3n) is 12.9. The molecule has 2 aliphatic carbocycles. The van der Waals surface area contributed by atoms with Gasteiger partial charge >= 0.3 is 0 Å². The van der Waals surface area contributed by atoms with Gasteiger partial charge in [0.1, 0.15) is 0 Å². The Morgan fingerprint density at radius 2 is 0.950 bits per heavy atom. The molecule has 0 radical (unpaired) electrons. The van der Waals surface area contributed by atoms with Gasteiger partial charge in [-0.2, -0.15) is 0 Å². The van der Waals surface area contributed by atoms with E-state index in [0.717, 1.165) is 34.9 Å². The van der Waals surface area contributed by atoms with Gasteiger partial charge in [-0.25, -0.2) is 0 Å². The van der Waals surface area contributed by atoms with Gasteiger partial charge in [-0.1, -0.05) is 109 Å². The van der Waals surface area contributed by atoms with Crippen LogP contribution in [0, 0.1) is 0 Å². The summed E-state index contributed by atoms with van der Waals surface area (Å²) in [4.78, 5) is 7.43. The molecular weight excluding hydrogens is 727 g/mol. The standard InChI is InChI=1S/C55H37BN4/c1-5-16-39(17-6-1)57(43-29-31-49-46(35-43)45-24-13-14-25-48(45)58(49)40-18-7-2-8-19-40)44-28-30-47-52(36-44)59(41-20-9-3-10-21-41)50-26-15-27-51-55(50)56(47)54-38-32-37(33-38)34-53(54)60(51)42-22-11-4-12-23-42/h1-32,34-36H,33H2. The molecule has 4 aliphatic rings. The largest absolute Gasteiger partial charge is 0.311 e. The van der Waals surface area contributed by atoms with Crippen LogP contribution < -0.4 is 31.1 Å². The molecule has 10 aromatic rings. The average molecular weight is 765 g/mol. The number of aromatic nitrogens is 1. The minimum absolute atomic E-state index is 0.0881. The van der Waals surface area contributed by atoms with Gasteiger partial charge in [0.25, 0.3) is 6.71 Å². The molecule has 0 saturated carbocycles. The lowest BCUT2D eigenvalue weighted by molar-refractivity contribution is 1.09. The highest BCUT2D eigenvalue weighted by molar-refractivity contribution is 7.00. The summed E-state index contributed by atoms with van der Waals surface area (Å²) in [6.07, 6.45) is 1.02. The highest BCUT2D eigenvalue weighted by atomic mass is 15.2. The molecule has 60 heavy (non-hydrogen) atoms. The number of benzene rings is 9. The van der Waals surface area contributed by atoms with Crippen molar-refractivity contribution >= 4 is 96.1 Å². The summed E-state index contributed by atoms with van der Waals surface area (Å²) < 4.78 is 2.39. The zero-order valence-corrected chi connectivity index (χ0v) is 32.8. The number of nitrogens with zero attached hydrogens (tertiary/aromatic N) is 4. The molecule has 0 amide bonds. The van der Waals surface area contributed by atoms with Gasteiger partial charge in [-0.15, -0.1) is 0 Å². The maximum atomic E-state index is 2.50. The smallest absolute Gasteiger partial charge is 0.252 e. The van der Waals surface area contributed by atoms with Gasteiger partial charge in [-0.3, -0.25) is 0 Å². The molecule has 9 aromatic carbocycles. The molecule has 0 saturated heterocycles. The normalized spacial score (nSPS) is 13.2. The Kier molecular flexibility index (Phi) is 7.13. The molecule has 0 fully saturated rings. The average Bonchev–Trinajstić information content (AvgIpc) is 3.63. The molecule has 0 N–H and O–H groups in total. The fraction of sp³-hybridized carbons (Fsp3) is 0.0182. The second-order valence-corrected chi connectivity index (χ2v) is 16.2. The van der Waals surface area contributed by atoms with Crippen LogP contribution >= 0.6 is 0 Å². The second kappa shape index (κ2) is 12.9. The molecule has 5 heteroatoms. The first-order valence-corrected chi connectivity index (χ1v) is 20.9. The van der Waals surface area contributed by atoms with E-state index in [4.69, 9.17) is 0 Å². The van der Waals surface area contributed by atoms with Crippen LogP contribution in [0.4, 0.5) is 51.2 Å². The first-order chi connectivity index (χ1) is 29.8. The third kappa shape index (κ3) is 4.80. The zero-order valence-electron chi connectivity index (χ0n) is 32.8. The summed E-state index contributed by atoms with van der Waals surface area (Å²) in [5.41, 5.74) is 21.1. The van der Waals surface area contributed by atoms with E-state index in [2.05, 4.69) is 232 Å². The summed E-state index contributed by atoms with van der Waals surface area (Å²) in [7, 11) is 0. The molecule has 280 valence electrons. The fourth-order valence-electron chi connectivity index (χ4n) is 10.4. The van der Waals surface area contributed by atoms with Gasteiger partial charge in [0, 0.05) is 67.6 Å². The van der Waals surface area contributed by atoms with E-state index in [9.17, 15) is 0 Å². The zero-order chi connectivity index (χ0) is 39.3. The van der Waals surface area contributed by atoms with Gasteiger partial charge in [0.2, 0.25) is 0 Å². The quantitative estimate of drug-likeness (QED) is 0.157. The van der Waals surface area contributed by atoms with Crippen molar-refractivity contribution in [3.8, 4) is 5.69 Å². The van der Waals surface area contributed by atoms with Crippen molar-refractivity contribution in [1.29, 1.82) is 0 Å². The molecule has 3 heterocycles. The van der Waals surface area contributed by atoms with Gasteiger partial charge in [-0.05, 0) is 137 Å². The van der Waals surface area contributed by atoms with E-state index in [1.165, 1.54) is 77.8 Å². The van der Waals surface area contributed by atoms with E-state index in [1.54, 1.807) is 0 Å². The number of rotatable bonds is 6. The maximum Gasteiger partial charge on any atom is 0.252 e. The molecule has 0 unspecified atom stereocenters. The van der Waals surface area contributed by atoms with Crippen molar-refractivity contribution < 1.29 is 0 Å². The highest BCUT2D eigenvalue weighted by Crippen LogP contribution is 2.47. The maximum absolute atomic E-state index is 2.50. The lowest BCUT2D eigenvalue weighted by Crippen LogP contribution is -2.62. The van der Waals surface area contributed by atoms with Crippen LogP contribution in [0.25, 0.3) is 27.5 Å². The van der Waals surface area contributed by atoms with Crippen molar-refractivity contribution in [1.82, 2.24) is 4.57 Å². The summed E-state index contributed by atoms with van der Waals surface area (Å²) >= 11 is 0. The van der Waals surface area contributed by atoms with Crippen molar-refractivity contribution in [2.75, 3.05) is 14.7 Å². The summed E-state index contributed by atoms with van der Waals surface area (Å²) in [6.45, 7) is 0.0881. The molecule has 1 aromatic heterocycles. The summed E-state index contributed by atoms with van der Waals surface area (Å²) in [5.74, 6) is 0. The van der Waals surface area contributed by atoms with Crippen LogP contribution in [0.15, 0.2) is 212 Å². The predicted octanol–water partition coefficient (Wildman–Crippen LogP) is 12.2. The van der Waals surface area contributed by atoms with E-state index in [0.29, 0.717) is 0 Å². The Balaban J connectivity index is 1.05. The van der Waals surface area contributed by atoms with Crippen molar-refractivity contribution in [3.05, 3.63) is 223 Å². The Labute approximate surface area is 349 Å². The highest BCUT2D eigenvalue weighted by Gasteiger charge is 2.45. The monoisotopic (exact) mass is 764 g/mol. The predicted molar refractivity (Wildman–Crippen MR) is 252 cm³/mol.